The lowest BCUT2D eigenvalue weighted by atomic mass is 10.0. The fourth-order valence-electron chi connectivity index (χ4n) is 3.99. The number of carbonyl (C=O) groups excluding carboxylic acids is 2. The molecule has 31 heavy (non-hydrogen) atoms. The normalized spacial score (nSPS) is 17.2. The van der Waals surface area contributed by atoms with Gasteiger partial charge in [-0.1, -0.05) is 6.07 Å². The molecule has 0 radical (unpaired) electrons. The maximum absolute atomic E-state index is 12.9. The van der Waals surface area contributed by atoms with Crippen LogP contribution in [0.3, 0.4) is 0 Å². The number of urea groups is 1. The van der Waals surface area contributed by atoms with E-state index in [0.29, 0.717) is 17.3 Å². The molecule has 1 saturated heterocycles. The highest BCUT2D eigenvalue weighted by molar-refractivity contribution is 5.95. The molecule has 3 amide bonds. The van der Waals surface area contributed by atoms with Gasteiger partial charge in [0.25, 0.3) is 5.91 Å². The smallest absolute Gasteiger partial charge is 0.319 e. The van der Waals surface area contributed by atoms with Crippen molar-refractivity contribution in [1.82, 2.24) is 20.1 Å². The van der Waals surface area contributed by atoms with Gasteiger partial charge in [0.2, 0.25) is 0 Å². The molecule has 2 aromatic rings. The molecule has 1 aliphatic carbocycles. The number of aromatic nitrogens is 1. The largest absolute Gasteiger partial charge is 0.339 e. The second-order valence-corrected chi connectivity index (χ2v) is 8.51. The first kappa shape index (κ1) is 21.3. The Balaban J connectivity index is 1.23. The van der Waals surface area contributed by atoms with E-state index in [1.54, 1.807) is 24.3 Å². The third-order valence-corrected chi connectivity index (χ3v) is 6.14. The monoisotopic (exact) mass is 421 g/mol. The van der Waals surface area contributed by atoms with Gasteiger partial charge in [-0.3, -0.25) is 9.78 Å². The number of pyridine rings is 1. The highest BCUT2D eigenvalue weighted by atomic mass is 16.2. The lowest BCUT2D eigenvalue weighted by Crippen LogP contribution is -2.46. The first-order valence-electron chi connectivity index (χ1n) is 11.2. The number of rotatable bonds is 7. The first-order chi connectivity index (χ1) is 15.1. The quantitative estimate of drug-likeness (QED) is 0.720. The number of amides is 3. The Hall–Kier alpha value is -2.93. The van der Waals surface area contributed by atoms with Crippen LogP contribution in [0.4, 0.5) is 10.5 Å². The average Bonchev–Trinajstić information content (AvgIpc) is 3.62. The van der Waals surface area contributed by atoms with Gasteiger partial charge >= 0.3 is 6.03 Å². The minimum atomic E-state index is -0.187. The summed E-state index contributed by atoms with van der Waals surface area (Å²) < 4.78 is 0. The minimum absolute atomic E-state index is 0.0286. The summed E-state index contributed by atoms with van der Waals surface area (Å²) in [4.78, 5) is 33.5. The number of likely N-dealkylation sites (tertiary alicyclic amines) is 1. The summed E-state index contributed by atoms with van der Waals surface area (Å²) in [6, 6.07) is 13.6. The van der Waals surface area contributed by atoms with E-state index >= 15 is 0 Å². The zero-order chi connectivity index (χ0) is 21.6. The number of benzene rings is 1. The Bertz CT molecular complexity index is 875. The zero-order valence-electron chi connectivity index (χ0n) is 18.1. The van der Waals surface area contributed by atoms with Crippen molar-refractivity contribution in [2.75, 3.05) is 32.0 Å². The van der Waals surface area contributed by atoms with E-state index in [1.807, 2.05) is 30.3 Å². The van der Waals surface area contributed by atoms with E-state index < -0.39 is 0 Å². The van der Waals surface area contributed by atoms with Crippen LogP contribution in [0.25, 0.3) is 0 Å². The summed E-state index contributed by atoms with van der Waals surface area (Å²) in [7, 11) is 1.89. The Morgan fingerprint density at radius 2 is 1.81 bits per heavy atom. The summed E-state index contributed by atoms with van der Waals surface area (Å²) >= 11 is 0. The molecule has 2 N–H and O–H groups in total. The molecule has 2 heterocycles. The molecule has 1 saturated carbocycles. The van der Waals surface area contributed by atoms with Gasteiger partial charge in [-0.2, -0.15) is 0 Å². The number of hydrogen-bond donors (Lipinski definition) is 2. The predicted octanol–water partition coefficient (Wildman–Crippen LogP) is 3.14. The van der Waals surface area contributed by atoms with Crippen LogP contribution in [0.2, 0.25) is 0 Å². The topological polar surface area (TPSA) is 77.6 Å². The molecule has 0 atom stereocenters. The fourth-order valence-corrected chi connectivity index (χ4v) is 3.99. The molecule has 4 rings (SSSR count). The SMILES string of the molecule is CN(C(=O)c1ccc(NC(=O)NC2CC2)cc1)C1CCN(CCc2ccccn2)CC1. The second kappa shape index (κ2) is 9.92. The Kier molecular flexibility index (Phi) is 6.82. The van der Waals surface area contributed by atoms with Gasteiger partial charge in [-0.25, -0.2) is 4.79 Å². The molecule has 0 spiro atoms. The zero-order valence-corrected chi connectivity index (χ0v) is 18.1. The molecule has 2 aliphatic rings. The lowest BCUT2D eigenvalue weighted by Gasteiger charge is -2.36. The third-order valence-electron chi connectivity index (χ3n) is 6.14. The Morgan fingerprint density at radius 3 is 2.45 bits per heavy atom. The van der Waals surface area contributed by atoms with Crippen molar-refractivity contribution >= 4 is 17.6 Å². The molecule has 2 fully saturated rings. The van der Waals surface area contributed by atoms with Crippen LogP contribution >= 0.6 is 0 Å². The molecule has 1 aromatic heterocycles. The molecule has 0 bridgehead atoms. The van der Waals surface area contributed by atoms with Gasteiger partial charge in [-0.15, -0.1) is 0 Å². The van der Waals surface area contributed by atoms with Crippen LogP contribution in [-0.4, -0.2) is 65.5 Å². The summed E-state index contributed by atoms with van der Waals surface area (Å²) in [5.74, 6) is 0.0286. The predicted molar refractivity (Wildman–Crippen MR) is 121 cm³/mol. The number of nitrogens with one attached hydrogen (secondary N) is 2. The van der Waals surface area contributed by atoms with Crippen LogP contribution < -0.4 is 10.6 Å². The molecule has 1 aliphatic heterocycles. The van der Waals surface area contributed by atoms with Crippen molar-refractivity contribution in [1.29, 1.82) is 0 Å². The maximum atomic E-state index is 12.9. The molecule has 7 heteroatoms. The maximum Gasteiger partial charge on any atom is 0.319 e. The number of carbonyl (C=O) groups is 2. The Labute approximate surface area is 183 Å². The van der Waals surface area contributed by atoms with E-state index in [1.165, 1.54) is 0 Å². The summed E-state index contributed by atoms with van der Waals surface area (Å²) in [5, 5.41) is 5.71. The van der Waals surface area contributed by atoms with Crippen molar-refractivity contribution in [3.8, 4) is 0 Å². The van der Waals surface area contributed by atoms with E-state index in [-0.39, 0.29) is 18.0 Å². The molecular formula is C24H31N5O2. The van der Waals surface area contributed by atoms with Gasteiger partial charge < -0.3 is 20.4 Å². The van der Waals surface area contributed by atoms with Gasteiger partial charge in [0.05, 0.1) is 0 Å². The van der Waals surface area contributed by atoms with Crippen molar-refractivity contribution < 1.29 is 9.59 Å². The average molecular weight is 422 g/mol. The highest BCUT2D eigenvalue weighted by Crippen LogP contribution is 2.20. The van der Waals surface area contributed by atoms with Crippen molar-refractivity contribution in [2.24, 2.45) is 0 Å². The van der Waals surface area contributed by atoms with Crippen LogP contribution in [0.1, 0.15) is 41.7 Å². The molecule has 164 valence electrons. The van der Waals surface area contributed by atoms with Crippen LogP contribution in [0.15, 0.2) is 48.7 Å². The highest BCUT2D eigenvalue weighted by Gasteiger charge is 2.26. The van der Waals surface area contributed by atoms with E-state index in [2.05, 4.69) is 26.6 Å². The lowest BCUT2D eigenvalue weighted by molar-refractivity contribution is 0.0643. The molecule has 7 nitrogen and oxygen atoms in total. The van der Waals surface area contributed by atoms with Gasteiger partial charge in [0, 0.05) is 68.3 Å². The number of hydrogen-bond acceptors (Lipinski definition) is 4. The number of piperidine rings is 1. The summed E-state index contributed by atoms with van der Waals surface area (Å²) in [6.07, 6.45) is 6.86. The van der Waals surface area contributed by atoms with E-state index in [9.17, 15) is 9.59 Å². The van der Waals surface area contributed by atoms with Gasteiger partial charge in [0.15, 0.2) is 0 Å². The van der Waals surface area contributed by atoms with Gasteiger partial charge in [-0.05, 0) is 62.1 Å². The van der Waals surface area contributed by atoms with E-state index in [0.717, 1.165) is 57.4 Å². The number of anilines is 1. The molecule has 0 unspecified atom stereocenters. The number of nitrogens with zero attached hydrogens (tertiary/aromatic N) is 3. The fraction of sp³-hybridized carbons (Fsp3) is 0.458. The second-order valence-electron chi connectivity index (χ2n) is 8.51. The third kappa shape index (κ3) is 6.04. The van der Waals surface area contributed by atoms with Crippen LogP contribution in [-0.2, 0) is 6.42 Å². The first-order valence-corrected chi connectivity index (χ1v) is 11.2. The molecule has 1 aromatic carbocycles. The van der Waals surface area contributed by atoms with Crippen LogP contribution in [0, 0.1) is 0 Å². The van der Waals surface area contributed by atoms with Crippen molar-refractivity contribution in [3.63, 3.8) is 0 Å². The summed E-state index contributed by atoms with van der Waals surface area (Å²) in [5.41, 5.74) is 2.46. The van der Waals surface area contributed by atoms with Crippen LogP contribution in [0.5, 0.6) is 0 Å². The van der Waals surface area contributed by atoms with E-state index in [4.69, 9.17) is 0 Å². The minimum Gasteiger partial charge on any atom is -0.339 e. The molecular weight excluding hydrogens is 390 g/mol. The Morgan fingerprint density at radius 1 is 1.06 bits per heavy atom. The van der Waals surface area contributed by atoms with Crippen molar-refractivity contribution in [3.05, 3.63) is 59.9 Å². The summed E-state index contributed by atoms with van der Waals surface area (Å²) in [6.45, 7) is 2.99. The van der Waals surface area contributed by atoms with Gasteiger partial charge in [0.1, 0.15) is 0 Å². The van der Waals surface area contributed by atoms with Crippen molar-refractivity contribution in [2.45, 2.75) is 44.2 Å². The standard InChI is InChI=1S/C24H31N5O2/c1-28(22-12-16-29(17-13-22)15-11-19-4-2-3-14-25-19)23(30)18-5-7-20(8-6-18)26-24(31)27-21-9-10-21/h2-8,14,21-22H,9-13,15-17H2,1H3,(H2,26,27,31).